The average Bonchev–Trinajstić information content (AvgIpc) is 3.43. The number of fused-ring (bicyclic) bond motifs is 3. The maximum absolute atomic E-state index is 13.0. The van der Waals surface area contributed by atoms with E-state index in [-0.39, 0.29) is 12.7 Å². The molecule has 1 fully saturated rings. The van der Waals surface area contributed by atoms with Crippen LogP contribution in [0.4, 0.5) is 0 Å². The van der Waals surface area contributed by atoms with Gasteiger partial charge in [0.1, 0.15) is 0 Å². The zero-order valence-corrected chi connectivity index (χ0v) is 18.0. The van der Waals surface area contributed by atoms with Crippen molar-refractivity contribution < 1.29 is 18.7 Å². The first-order chi connectivity index (χ1) is 15.6. The number of pyridine rings is 1. The first-order valence-electron chi connectivity index (χ1n) is 10.5. The molecule has 1 amide bonds. The van der Waals surface area contributed by atoms with Crippen molar-refractivity contribution in [2.75, 3.05) is 33.0 Å². The molecular formula is C24H20ClN3O4. The van der Waals surface area contributed by atoms with Crippen LogP contribution in [0.25, 0.3) is 22.0 Å². The van der Waals surface area contributed by atoms with Crippen LogP contribution in [0, 0.1) is 0 Å². The molecule has 2 aromatic carbocycles. The number of aromatic nitrogens is 1. The average molecular weight is 450 g/mol. The third-order valence-electron chi connectivity index (χ3n) is 5.98. The standard InChI is InChI=1S/C24H20ClN3O4/c25-18-3-2-16-10-17-11-22(32-23(17)26-19(16)12-18)24(29)28-7-5-27(6-8-28)13-15-1-4-20-21(9-15)31-14-30-20/h1-4,9-12H,5-8,13-14H2. The van der Waals surface area contributed by atoms with E-state index in [4.69, 9.17) is 25.5 Å². The van der Waals surface area contributed by atoms with Crippen molar-refractivity contribution in [3.8, 4) is 11.5 Å². The molecule has 2 aliphatic heterocycles. The Morgan fingerprint density at radius 3 is 2.66 bits per heavy atom. The Morgan fingerprint density at radius 1 is 0.938 bits per heavy atom. The summed E-state index contributed by atoms with van der Waals surface area (Å²) >= 11 is 6.07. The minimum atomic E-state index is -0.104. The summed E-state index contributed by atoms with van der Waals surface area (Å²) in [7, 11) is 0. The fourth-order valence-electron chi connectivity index (χ4n) is 4.27. The first-order valence-corrected chi connectivity index (χ1v) is 10.9. The molecule has 32 heavy (non-hydrogen) atoms. The monoisotopic (exact) mass is 449 g/mol. The highest BCUT2D eigenvalue weighted by molar-refractivity contribution is 6.31. The van der Waals surface area contributed by atoms with Crippen LogP contribution in [-0.2, 0) is 6.54 Å². The fourth-order valence-corrected chi connectivity index (χ4v) is 4.43. The maximum Gasteiger partial charge on any atom is 0.289 e. The van der Waals surface area contributed by atoms with E-state index in [1.165, 1.54) is 5.56 Å². The van der Waals surface area contributed by atoms with Gasteiger partial charge in [0, 0.05) is 48.5 Å². The quantitative estimate of drug-likeness (QED) is 0.464. The maximum atomic E-state index is 13.0. The molecule has 0 atom stereocenters. The summed E-state index contributed by atoms with van der Waals surface area (Å²) < 4.78 is 16.7. The summed E-state index contributed by atoms with van der Waals surface area (Å²) in [6, 6.07) is 15.3. The molecule has 0 bridgehead atoms. The lowest BCUT2D eigenvalue weighted by Crippen LogP contribution is -2.48. The van der Waals surface area contributed by atoms with Crippen molar-refractivity contribution in [2.24, 2.45) is 0 Å². The molecular weight excluding hydrogens is 430 g/mol. The highest BCUT2D eigenvalue weighted by Gasteiger charge is 2.25. The number of rotatable bonds is 3. The molecule has 0 N–H and O–H groups in total. The lowest BCUT2D eigenvalue weighted by Gasteiger charge is -2.34. The molecule has 8 heteroatoms. The van der Waals surface area contributed by atoms with E-state index in [0.717, 1.165) is 47.4 Å². The smallest absolute Gasteiger partial charge is 0.289 e. The third kappa shape index (κ3) is 3.53. The van der Waals surface area contributed by atoms with Crippen LogP contribution in [0.1, 0.15) is 16.1 Å². The number of carbonyl (C=O) groups is 1. The van der Waals surface area contributed by atoms with Crippen molar-refractivity contribution in [3.63, 3.8) is 0 Å². The van der Waals surface area contributed by atoms with E-state index in [2.05, 4.69) is 16.0 Å². The van der Waals surface area contributed by atoms with E-state index in [1.807, 2.05) is 35.2 Å². The van der Waals surface area contributed by atoms with Crippen molar-refractivity contribution in [3.05, 3.63) is 64.9 Å². The van der Waals surface area contributed by atoms with Crippen molar-refractivity contribution >= 4 is 39.5 Å². The van der Waals surface area contributed by atoms with Crippen molar-refractivity contribution in [1.82, 2.24) is 14.8 Å². The zero-order valence-electron chi connectivity index (χ0n) is 17.2. The molecule has 0 saturated carbocycles. The van der Waals surface area contributed by atoms with Gasteiger partial charge in [-0.3, -0.25) is 9.69 Å². The van der Waals surface area contributed by atoms with E-state index in [1.54, 1.807) is 12.1 Å². The molecule has 2 aromatic heterocycles. The number of piperazine rings is 1. The van der Waals surface area contributed by atoms with Gasteiger partial charge in [0.05, 0.1) is 5.52 Å². The van der Waals surface area contributed by atoms with Crippen LogP contribution in [0.5, 0.6) is 11.5 Å². The van der Waals surface area contributed by atoms with Crippen LogP contribution in [0.3, 0.4) is 0 Å². The second-order valence-corrected chi connectivity index (χ2v) is 8.52. The number of hydrogen-bond donors (Lipinski definition) is 0. The van der Waals surface area contributed by atoms with Crippen LogP contribution in [0.2, 0.25) is 5.02 Å². The highest BCUT2D eigenvalue weighted by atomic mass is 35.5. The number of hydrogen-bond acceptors (Lipinski definition) is 6. The summed E-state index contributed by atoms with van der Waals surface area (Å²) in [4.78, 5) is 21.7. The Hall–Kier alpha value is -3.29. The Morgan fingerprint density at radius 2 is 1.78 bits per heavy atom. The second-order valence-electron chi connectivity index (χ2n) is 8.09. The van der Waals surface area contributed by atoms with Gasteiger partial charge in [0.2, 0.25) is 12.5 Å². The molecule has 0 aliphatic carbocycles. The summed E-state index contributed by atoms with van der Waals surface area (Å²) in [5, 5.41) is 2.38. The number of benzene rings is 2. The lowest BCUT2D eigenvalue weighted by atomic mass is 10.1. The molecule has 4 heterocycles. The molecule has 4 aromatic rings. The number of carbonyl (C=O) groups excluding carboxylic acids is 1. The number of nitrogens with zero attached hydrogens (tertiary/aromatic N) is 3. The molecule has 0 unspecified atom stereocenters. The summed E-state index contributed by atoms with van der Waals surface area (Å²) in [6.07, 6.45) is 0. The number of ether oxygens (including phenoxy) is 2. The predicted octanol–water partition coefficient (Wildman–Crippen LogP) is 4.32. The first kappa shape index (κ1) is 19.4. The van der Waals surface area contributed by atoms with Gasteiger partial charge < -0.3 is 18.8 Å². The second kappa shape index (κ2) is 7.69. The van der Waals surface area contributed by atoms with Crippen LogP contribution < -0.4 is 9.47 Å². The van der Waals surface area contributed by atoms with Gasteiger partial charge in [-0.1, -0.05) is 23.7 Å². The predicted molar refractivity (Wildman–Crippen MR) is 120 cm³/mol. The summed E-state index contributed by atoms with van der Waals surface area (Å²) in [6.45, 7) is 3.96. The molecule has 0 radical (unpaired) electrons. The lowest BCUT2D eigenvalue weighted by molar-refractivity contribution is 0.0599. The number of halogens is 1. The molecule has 1 saturated heterocycles. The Balaban J connectivity index is 1.14. The topological polar surface area (TPSA) is 68.0 Å². The van der Waals surface area contributed by atoms with Gasteiger partial charge in [0.25, 0.3) is 5.91 Å². The van der Waals surface area contributed by atoms with Crippen molar-refractivity contribution in [1.29, 1.82) is 0 Å². The Bertz CT molecular complexity index is 1340. The fraction of sp³-hybridized carbons (Fsp3) is 0.250. The molecule has 2 aliphatic rings. The SMILES string of the molecule is O=C(c1cc2cc3ccc(Cl)cc3nc2o1)N1CCN(Cc2ccc3c(c2)OCO3)CC1. The van der Waals surface area contributed by atoms with Gasteiger partial charge in [0.15, 0.2) is 17.3 Å². The van der Waals surface area contributed by atoms with Gasteiger partial charge in [-0.25, -0.2) is 4.98 Å². The van der Waals surface area contributed by atoms with E-state index in [0.29, 0.717) is 29.6 Å². The van der Waals surface area contributed by atoms with E-state index >= 15 is 0 Å². The van der Waals surface area contributed by atoms with Gasteiger partial charge >= 0.3 is 0 Å². The number of amides is 1. The van der Waals surface area contributed by atoms with Crippen molar-refractivity contribution in [2.45, 2.75) is 6.54 Å². The molecule has 162 valence electrons. The zero-order chi connectivity index (χ0) is 21.7. The molecule has 0 spiro atoms. The Labute approximate surface area is 189 Å². The van der Waals surface area contributed by atoms with E-state index < -0.39 is 0 Å². The van der Waals surface area contributed by atoms with Gasteiger partial charge in [-0.05, 0) is 42.0 Å². The van der Waals surface area contributed by atoms with Crippen LogP contribution in [0.15, 0.2) is 52.9 Å². The molecule has 6 rings (SSSR count). The summed E-state index contributed by atoms with van der Waals surface area (Å²) in [5.41, 5.74) is 2.37. The normalized spacial score (nSPS) is 16.2. The highest BCUT2D eigenvalue weighted by Crippen LogP contribution is 2.33. The van der Waals surface area contributed by atoms with Gasteiger partial charge in [-0.15, -0.1) is 0 Å². The van der Waals surface area contributed by atoms with Gasteiger partial charge in [-0.2, -0.15) is 0 Å². The minimum absolute atomic E-state index is 0.104. The minimum Gasteiger partial charge on any atom is -0.454 e. The third-order valence-corrected chi connectivity index (χ3v) is 6.21. The largest absolute Gasteiger partial charge is 0.454 e. The molecule has 7 nitrogen and oxygen atoms in total. The Kier molecular flexibility index (Phi) is 4.66. The number of furan rings is 1. The van der Waals surface area contributed by atoms with Crippen LogP contribution >= 0.6 is 11.6 Å². The van der Waals surface area contributed by atoms with E-state index in [9.17, 15) is 4.79 Å². The summed E-state index contributed by atoms with van der Waals surface area (Å²) in [5.74, 6) is 1.80. The van der Waals surface area contributed by atoms with Crippen LogP contribution in [-0.4, -0.2) is 53.7 Å².